The largest absolute Gasteiger partial charge is 0.476 e. The van der Waals surface area contributed by atoms with Gasteiger partial charge in [-0.1, -0.05) is 0 Å². The second-order valence-electron chi connectivity index (χ2n) is 2.76. The zero-order valence-electron chi connectivity index (χ0n) is 7.34. The van der Waals surface area contributed by atoms with Gasteiger partial charge in [-0.15, -0.1) is 0 Å². The Balaban J connectivity index is 2.51. The minimum absolute atomic E-state index is 0.122. The SMILES string of the molecule is Cn1cnc(-c2ocnc2C(=O)O)c1. The average Bonchev–Trinajstić information content (AvgIpc) is 2.70. The normalized spacial score (nSPS) is 10.4. The van der Waals surface area contributed by atoms with Gasteiger partial charge in [0.25, 0.3) is 0 Å². The van der Waals surface area contributed by atoms with Crippen LogP contribution in [0.2, 0.25) is 0 Å². The fraction of sp³-hybridized carbons (Fsp3) is 0.125. The van der Waals surface area contributed by atoms with Crippen molar-refractivity contribution in [3.05, 3.63) is 24.6 Å². The van der Waals surface area contributed by atoms with Crippen molar-refractivity contribution in [3.8, 4) is 11.5 Å². The van der Waals surface area contributed by atoms with Gasteiger partial charge in [-0.2, -0.15) is 0 Å². The fourth-order valence-corrected chi connectivity index (χ4v) is 1.11. The van der Waals surface area contributed by atoms with Crippen molar-refractivity contribution in [1.82, 2.24) is 14.5 Å². The smallest absolute Gasteiger partial charge is 0.358 e. The summed E-state index contributed by atoms with van der Waals surface area (Å²) in [5, 5.41) is 8.77. The summed E-state index contributed by atoms with van der Waals surface area (Å²) in [7, 11) is 1.79. The molecule has 0 spiro atoms. The van der Waals surface area contributed by atoms with Crippen LogP contribution in [0.15, 0.2) is 23.3 Å². The zero-order valence-corrected chi connectivity index (χ0v) is 7.34. The van der Waals surface area contributed by atoms with Crippen molar-refractivity contribution in [2.75, 3.05) is 0 Å². The van der Waals surface area contributed by atoms with Gasteiger partial charge in [-0.05, 0) is 0 Å². The number of hydrogen-bond acceptors (Lipinski definition) is 4. The molecule has 0 radical (unpaired) electrons. The van der Waals surface area contributed by atoms with Crippen molar-refractivity contribution in [2.24, 2.45) is 7.05 Å². The van der Waals surface area contributed by atoms with Gasteiger partial charge in [0.1, 0.15) is 5.69 Å². The van der Waals surface area contributed by atoms with E-state index in [0.717, 1.165) is 6.39 Å². The number of rotatable bonds is 2. The summed E-state index contributed by atoms with van der Waals surface area (Å²) >= 11 is 0. The van der Waals surface area contributed by atoms with E-state index < -0.39 is 5.97 Å². The molecule has 0 saturated carbocycles. The number of imidazole rings is 1. The van der Waals surface area contributed by atoms with Crippen LogP contribution in [-0.2, 0) is 7.05 Å². The van der Waals surface area contributed by atoms with Crippen LogP contribution in [0.5, 0.6) is 0 Å². The first-order valence-electron chi connectivity index (χ1n) is 3.83. The van der Waals surface area contributed by atoms with Gasteiger partial charge in [-0.25, -0.2) is 14.8 Å². The van der Waals surface area contributed by atoms with Crippen molar-refractivity contribution in [1.29, 1.82) is 0 Å². The number of carboxylic acid groups (broad SMARTS) is 1. The van der Waals surface area contributed by atoms with Crippen molar-refractivity contribution in [2.45, 2.75) is 0 Å². The molecular formula is C8H7N3O3. The maximum atomic E-state index is 10.7. The fourth-order valence-electron chi connectivity index (χ4n) is 1.11. The topological polar surface area (TPSA) is 81.2 Å². The molecule has 14 heavy (non-hydrogen) atoms. The van der Waals surface area contributed by atoms with Gasteiger partial charge in [0.15, 0.2) is 17.8 Å². The molecule has 2 heterocycles. The molecule has 72 valence electrons. The van der Waals surface area contributed by atoms with E-state index in [2.05, 4.69) is 9.97 Å². The summed E-state index contributed by atoms with van der Waals surface area (Å²) in [5.41, 5.74) is 0.339. The molecule has 0 fully saturated rings. The number of aromatic nitrogens is 3. The maximum absolute atomic E-state index is 10.7. The molecule has 1 N–H and O–H groups in total. The predicted octanol–water partition coefficient (Wildman–Crippen LogP) is 0.773. The first-order valence-corrected chi connectivity index (χ1v) is 3.83. The number of aromatic carboxylic acids is 1. The molecule has 0 amide bonds. The molecule has 0 bridgehead atoms. The molecule has 6 nitrogen and oxygen atoms in total. The van der Waals surface area contributed by atoms with Crippen LogP contribution in [0.25, 0.3) is 11.5 Å². The number of carboxylic acids is 1. The minimum Gasteiger partial charge on any atom is -0.476 e. The Labute approximate surface area is 78.8 Å². The van der Waals surface area contributed by atoms with Crippen LogP contribution in [0.4, 0.5) is 0 Å². The third-order valence-electron chi connectivity index (χ3n) is 1.71. The predicted molar refractivity (Wildman–Crippen MR) is 45.7 cm³/mol. The third-order valence-corrected chi connectivity index (χ3v) is 1.71. The van der Waals surface area contributed by atoms with E-state index in [1.807, 2.05) is 0 Å². The van der Waals surface area contributed by atoms with E-state index in [9.17, 15) is 4.79 Å². The zero-order chi connectivity index (χ0) is 10.1. The van der Waals surface area contributed by atoms with E-state index in [4.69, 9.17) is 9.52 Å². The maximum Gasteiger partial charge on any atom is 0.358 e. The number of aryl methyl sites for hydroxylation is 1. The molecular weight excluding hydrogens is 186 g/mol. The van der Waals surface area contributed by atoms with Crippen molar-refractivity contribution in [3.63, 3.8) is 0 Å². The Morgan fingerprint density at radius 1 is 1.57 bits per heavy atom. The van der Waals surface area contributed by atoms with Gasteiger partial charge in [-0.3, -0.25) is 0 Å². The van der Waals surface area contributed by atoms with Crippen LogP contribution in [0.1, 0.15) is 10.5 Å². The van der Waals surface area contributed by atoms with Gasteiger partial charge in [0.05, 0.1) is 6.33 Å². The molecule has 0 aliphatic rings. The van der Waals surface area contributed by atoms with E-state index in [1.165, 1.54) is 0 Å². The van der Waals surface area contributed by atoms with E-state index in [1.54, 1.807) is 24.1 Å². The van der Waals surface area contributed by atoms with Crippen LogP contribution in [0, 0.1) is 0 Å². The molecule has 0 unspecified atom stereocenters. The highest BCUT2D eigenvalue weighted by Crippen LogP contribution is 2.20. The molecule has 0 saturated heterocycles. The minimum atomic E-state index is -1.13. The first-order chi connectivity index (χ1) is 6.68. The lowest BCUT2D eigenvalue weighted by atomic mass is 10.3. The molecule has 2 aromatic heterocycles. The number of carbonyl (C=O) groups is 1. The summed E-state index contributed by atoms with van der Waals surface area (Å²) in [6.07, 6.45) is 4.31. The van der Waals surface area contributed by atoms with Gasteiger partial charge in [0, 0.05) is 13.2 Å². The summed E-state index contributed by atoms with van der Waals surface area (Å²) in [4.78, 5) is 18.3. The Morgan fingerprint density at radius 3 is 2.93 bits per heavy atom. The second kappa shape index (κ2) is 2.99. The number of oxazole rings is 1. The Bertz CT molecular complexity index is 472. The quantitative estimate of drug-likeness (QED) is 0.761. The molecule has 6 heteroatoms. The van der Waals surface area contributed by atoms with E-state index in [0.29, 0.717) is 5.69 Å². The lowest BCUT2D eigenvalue weighted by molar-refractivity contribution is 0.0691. The highest BCUT2D eigenvalue weighted by molar-refractivity contribution is 5.91. The number of hydrogen-bond donors (Lipinski definition) is 1. The standard InChI is InChI=1S/C8H7N3O3/c1-11-2-5(9-3-11)7-6(8(12)13)10-4-14-7/h2-4H,1H3,(H,12,13). The molecule has 0 aliphatic carbocycles. The van der Waals surface area contributed by atoms with Crippen LogP contribution < -0.4 is 0 Å². The summed E-state index contributed by atoms with van der Waals surface area (Å²) < 4.78 is 6.66. The van der Waals surface area contributed by atoms with E-state index in [-0.39, 0.29) is 11.5 Å². The number of nitrogens with zero attached hydrogens (tertiary/aromatic N) is 3. The Morgan fingerprint density at radius 2 is 2.36 bits per heavy atom. The molecule has 0 atom stereocenters. The lowest BCUT2D eigenvalue weighted by Gasteiger charge is -1.90. The summed E-state index contributed by atoms with van der Waals surface area (Å²) in [5.74, 6) is -0.947. The highest BCUT2D eigenvalue weighted by atomic mass is 16.4. The highest BCUT2D eigenvalue weighted by Gasteiger charge is 2.18. The average molecular weight is 193 g/mol. The Kier molecular flexibility index (Phi) is 1.81. The molecule has 0 aromatic carbocycles. The van der Waals surface area contributed by atoms with Gasteiger partial charge >= 0.3 is 5.97 Å². The lowest BCUT2D eigenvalue weighted by Crippen LogP contribution is -1.98. The first kappa shape index (κ1) is 8.49. The summed E-state index contributed by atoms with van der Waals surface area (Å²) in [6, 6.07) is 0. The second-order valence-corrected chi connectivity index (χ2v) is 2.76. The van der Waals surface area contributed by atoms with Crippen molar-refractivity contribution < 1.29 is 14.3 Å². The van der Waals surface area contributed by atoms with Crippen LogP contribution >= 0.6 is 0 Å². The van der Waals surface area contributed by atoms with Crippen LogP contribution in [0.3, 0.4) is 0 Å². The molecule has 2 aromatic rings. The van der Waals surface area contributed by atoms with Crippen molar-refractivity contribution >= 4 is 5.97 Å². The van der Waals surface area contributed by atoms with E-state index >= 15 is 0 Å². The van der Waals surface area contributed by atoms with Crippen LogP contribution in [-0.4, -0.2) is 25.6 Å². The third kappa shape index (κ3) is 1.26. The van der Waals surface area contributed by atoms with Gasteiger partial charge in [0.2, 0.25) is 0 Å². The van der Waals surface area contributed by atoms with Gasteiger partial charge < -0.3 is 14.1 Å². The summed E-state index contributed by atoms with van der Waals surface area (Å²) in [6.45, 7) is 0. The molecule has 0 aliphatic heterocycles. The Hall–Kier alpha value is -2.11. The monoisotopic (exact) mass is 193 g/mol. The molecule has 2 rings (SSSR count).